The van der Waals surface area contributed by atoms with Crippen molar-refractivity contribution in [3.05, 3.63) is 50.4 Å². The third-order valence-electron chi connectivity index (χ3n) is 2.62. The van der Waals surface area contributed by atoms with Gasteiger partial charge in [-0.3, -0.25) is 0 Å². The molecule has 2 nitrogen and oxygen atoms in total. The van der Waals surface area contributed by atoms with Crippen LogP contribution >= 0.6 is 34.5 Å². The second-order valence-electron chi connectivity index (χ2n) is 4.13. The van der Waals surface area contributed by atoms with Crippen LogP contribution in [0.3, 0.4) is 0 Å². The number of hydrogen-bond donors (Lipinski definition) is 0. The van der Waals surface area contributed by atoms with Crippen molar-refractivity contribution in [1.82, 2.24) is 9.88 Å². The third kappa shape index (κ3) is 3.95. The molecule has 0 unspecified atom stereocenters. The van der Waals surface area contributed by atoms with Crippen LogP contribution in [0, 0.1) is 0 Å². The number of pyridine rings is 1. The van der Waals surface area contributed by atoms with Crippen molar-refractivity contribution in [3.8, 4) is 0 Å². The van der Waals surface area contributed by atoms with Crippen molar-refractivity contribution in [1.29, 1.82) is 0 Å². The Morgan fingerprint density at radius 1 is 1.28 bits per heavy atom. The van der Waals surface area contributed by atoms with Gasteiger partial charge in [0, 0.05) is 18.0 Å². The summed E-state index contributed by atoms with van der Waals surface area (Å²) in [7, 11) is 2.06. The van der Waals surface area contributed by atoms with E-state index in [-0.39, 0.29) is 0 Å². The van der Waals surface area contributed by atoms with Gasteiger partial charge in [-0.1, -0.05) is 29.3 Å². The molecule has 2 rings (SSSR count). The average Bonchev–Trinajstić information content (AvgIpc) is 2.84. The molecule has 0 aliphatic heterocycles. The molecule has 0 bridgehead atoms. The normalized spacial score (nSPS) is 11.1. The fourth-order valence-corrected chi connectivity index (χ4v) is 2.69. The zero-order chi connectivity index (χ0) is 13.0. The number of nitrogens with zero attached hydrogens (tertiary/aromatic N) is 2. The Labute approximate surface area is 121 Å². The second kappa shape index (κ2) is 6.53. The van der Waals surface area contributed by atoms with Gasteiger partial charge in [0.25, 0.3) is 0 Å². The Morgan fingerprint density at radius 2 is 2.11 bits per heavy atom. The summed E-state index contributed by atoms with van der Waals surface area (Å²) >= 11 is 13.8. The summed E-state index contributed by atoms with van der Waals surface area (Å²) in [4.78, 5) is 7.85. The van der Waals surface area contributed by atoms with Crippen LogP contribution in [0.15, 0.2) is 29.6 Å². The van der Waals surface area contributed by atoms with Crippen LogP contribution in [0.5, 0.6) is 0 Å². The predicted molar refractivity (Wildman–Crippen MR) is 78.6 cm³/mol. The molecule has 5 heteroatoms. The quantitative estimate of drug-likeness (QED) is 0.772. The predicted octanol–water partition coefficient (Wildman–Crippen LogP) is 4.12. The minimum Gasteiger partial charge on any atom is -0.300 e. The van der Waals surface area contributed by atoms with Crippen molar-refractivity contribution in [3.63, 3.8) is 0 Å². The molecule has 0 saturated heterocycles. The second-order valence-corrected chi connectivity index (χ2v) is 5.96. The lowest BCUT2D eigenvalue weighted by Gasteiger charge is -2.16. The first-order valence-electron chi connectivity index (χ1n) is 5.67. The number of rotatable bonds is 5. The van der Waals surface area contributed by atoms with Crippen LogP contribution < -0.4 is 0 Å². The van der Waals surface area contributed by atoms with Crippen molar-refractivity contribution in [2.24, 2.45) is 0 Å². The number of halogens is 2. The fourth-order valence-electron chi connectivity index (χ4n) is 1.66. The number of hydrogen-bond acceptors (Lipinski definition) is 3. The molecule has 0 radical (unpaired) electrons. The highest BCUT2D eigenvalue weighted by molar-refractivity contribution is 7.09. The van der Waals surface area contributed by atoms with Gasteiger partial charge in [-0.25, -0.2) is 4.98 Å². The van der Waals surface area contributed by atoms with Crippen molar-refractivity contribution < 1.29 is 0 Å². The summed E-state index contributed by atoms with van der Waals surface area (Å²) in [6.07, 6.45) is 1.05. The zero-order valence-corrected chi connectivity index (χ0v) is 12.4. The zero-order valence-electron chi connectivity index (χ0n) is 10.1. The van der Waals surface area contributed by atoms with Crippen LogP contribution in [0.25, 0.3) is 0 Å². The maximum Gasteiger partial charge on any atom is 0.129 e. The van der Waals surface area contributed by atoms with Crippen LogP contribution in [-0.4, -0.2) is 23.5 Å². The van der Waals surface area contributed by atoms with E-state index in [0.717, 1.165) is 18.7 Å². The Bertz CT molecular complexity index is 500. The van der Waals surface area contributed by atoms with Gasteiger partial charge in [0.1, 0.15) is 5.15 Å². The van der Waals surface area contributed by atoms with Gasteiger partial charge in [-0.2, -0.15) is 0 Å². The van der Waals surface area contributed by atoms with Gasteiger partial charge >= 0.3 is 0 Å². The summed E-state index contributed by atoms with van der Waals surface area (Å²) in [6, 6.07) is 7.73. The maximum absolute atomic E-state index is 6.09. The molecule has 96 valence electrons. The lowest BCUT2D eigenvalue weighted by Crippen LogP contribution is -2.21. The number of thiophene rings is 1. The first-order valence-corrected chi connectivity index (χ1v) is 7.30. The van der Waals surface area contributed by atoms with Crippen molar-refractivity contribution in [2.75, 3.05) is 13.6 Å². The molecule has 2 aromatic rings. The van der Waals surface area contributed by atoms with Crippen molar-refractivity contribution >= 4 is 34.5 Å². The van der Waals surface area contributed by atoms with E-state index in [9.17, 15) is 0 Å². The van der Waals surface area contributed by atoms with Crippen LogP contribution in [0.1, 0.15) is 10.6 Å². The molecule has 0 N–H and O–H groups in total. The molecular formula is C13H14Cl2N2S. The van der Waals surface area contributed by atoms with E-state index in [1.807, 2.05) is 0 Å². The molecule has 0 fully saturated rings. The molecule has 18 heavy (non-hydrogen) atoms. The van der Waals surface area contributed by atoms with Gasteiger partial charge < -0.3 is 4.90 Å². The Balaban J connectivity index is 1.90. The van der Waals surface area contributed by atoms with E-state index in [1.54, 1.807) is 23.5 Å². The molecule has 0 aliphatic rings. The molecule has 0 aromatic carbocycles. The van der Waals surface area contributed by atoms with Crippen LogP contribution in [0.4, 0.5) is 0 Å². The highest BCUT2D eigenvalue weighted by Gasteiger charge is 2.07. The van der Waals surface area contributed by atoms with Gasteiger partial charge in [0.15, 0.2) is 0 Å². The topological polar surface area (TPSA) is 16.1 Å². The van der Waals surface area contributed by atoms with Gasteiger partial charge in [0.05, 0.1) is 10.7 Å². The van der Waals surface area contributed by atoms with Crippen LogP contribution in [-0.2, 0) is 13.0 Å². The molecule has 0 saturated carbocycles. The molecule has 0 aliphatic carbocycles. The standard InChI is InChI=1S/C13H14Cl2N2S/c1-17(7-6-10-3-2-8-18-10)9-12-11(14)4-5-13(15)16-12/h2-5,8H,6-7,9H2,1H3. The summed E-state index contributed by atoms with van der Waals surface area (Å²) in [5.74, 6) is 0. The van der Waals surface area contributed by atoms with E-state index >= 15 is 0 Å². The van der Waals surface area contributed by atoms with E-state index in [0.29, 0.717) is 16.7 Å². The Morgan fingerprint density at radius 3 is 2.83 bits per heavy atom. The molecule has 0 amide bonds. The molecule has 2 aromatic heterocycles. The summed E-state index contributed by atoms with van der Waals surface area (Å²) < 4.78 is 0. The van der Waals surface area contributed by atoms with E-state index < -0.39 is 0 Å². The van der Waals surface area contributed by atoms with Crippen molar-refractivity contribution in [2.45, 2.75) is 13.0 Å². The first kappa shape index (κ1) is 13.8. The van der Waals surface area contributed by atoms with Gasteiger partial charge in [-0.05, 0) is 37.0 Å². The summed E-state index contributed by atoms with van der Waals surface area (Å²) in [5.41, 5.74) is 0.831. The SMILES string of the molecule is CN(CCc1cccs1)Cc1nc(Cl)ccc1Cl. The van der Waals surface area contributed by atoms with E-state index in [1.165, 1.54) is 4.88 Å². The van der Waals surface area contributed by atoms with E-state index in [4.69, 9.17) is 23.2 Å². The largest absolute Gasteiger partial charge is 0.300 e. The lowest BCUT2D eigenvalue weighted by molar-refractivity contribution is 0.328. The third-order valence-corrected chi connectivity index (χ3v) is 4.12. The van der Waals surface area contributed by atoms with Gasteiger partial charge in [-0.15, -0.1) is 11.3 Å². The molecular weight excluding hydrogens is 287 g/mol. The lowest BCUT2D eigenvalue weighted by atomic mass is 10.3. The monoisotopic (exact) mass is 300 g/mol. The molecule has 2 heterocycles. The van der Waals surface area contributed by atoms with E-state index in [2.05, 4.69) is 34.4 Å². The summed E-state index contributed by atoms with van der Waals surface area (Å²) in [5, 5.41) is 3.26. The first-order chi connectivity index (χ1) is 8.65. The highest BCUT2D eigenvalue weighted by atomic mass is 35.5. The van der Waals surface area contributed by atoms with Gasteiger partial charge in [0.2, 0.25) is 0 Å². The number of aromatic nitrogens is 1. The minimum atomic E-state index is 0.487. The molecule has 0 atom stereocenters. The number of likely N-dealkylation sites (N-methyl/N-ethyl adjacent to an activating group) is 1. The molecule has 0 spiro atoms. The summed E-state index contributed by atoms with van der Waals surface area (Å²) in [6.45, 7) is 1.69. The smallest absolute Gasteiger partial charge is 0.129 e. The van der Waals surface area contributed by atoms with Crippen LogP contribution in [0.2, 0.25) is 10.2 Å². The minimum absolute atomic E-state index is 0.487. The Kier molecular flexibility index (Phi) is 5.01. The fraction of sp³-hybridized carbons (Fsp3) is 0.308. The maximum atomic E-state index is 6.09. The average molecular weight is 301 g/mol. The Hall–Kier alpha value is -0.610. The highest BCUT2D eigenvalue weighted by Crippen LogP contribution is 2.18.